The van der Waals surface area contributed by atoms with E-state index in [-0.39, 0.29) is 0 Å². The normalized spacial score (nSPS) is 26.8. The summed E-state index contributed by atoms with van der Waals surface area (Å²) in [6, 6.07) is 0. The molecule has 0 radical (unpaired) electrons. The minimum Gasteiger partial charge on any atom is -0.241 e. The minimum absolute atomic E-state index is 0.916. The summed E-state index contributed by atoms with van der Waals surface area (Å²) in [6.45, 7) is 4.66. The number of rotatable bonds is 13. The largest absolute Gasteiger partial charge is 0.241 e. The first-order chi connectivity index (χ1) is 15.3. The lowest BCUT2D eigenvalue weighted by Crippen LogP contribution is -2.26. The fourth-order valence-electron chi connectivity index (χ4n) is 6.28. The SMILES string of the molecule is CCCCCCCCCc1cnc(CC[C@H]2CC[C@H]([C@H]3CC[C@H](CC)CC3)CC2)nc1. The Hall–Kier alpha value is -0.920. The number of aryl methyl sites for hydroxylation is 2. The molecule has 1 aromatic rings. The van der Waals surface area contributed by atoms with Crippen LogP contribution in [0.5, 0.6) is 0 Å². The molecule has 0 amide bonds. The molecule has 0 atom stereocenters. The second-order valence-corrected chi connectivity index (χ2v) is 10.9. The second-order valence-electron chi connectivity index (χ2n) is 10.9. The van der Waals surface area contributed by atoms with Crippen LogP contribution in [-0.4, -0.2) is 9.97 Å². The summed E-state index contributed by atoms with van der Waals surface area (Å²) in [5.41, 5.74) is 1.33. The average Bonchev–Trinajstić information content (AvgIpc) is 2.83. The van der Waals surface area contributed by atoms with E-state index in [1.165, 1.54) is 115 Å². The minimum atomic E-state index is 0.916. The maximum atomic E-state index is 4.69. The molecule has 0 saturated heterocycles. The van der Waals surface area contributed by atoms with Crippen molar-refractivity contribution in [3.8, 4) is 0 Å². The second kappa shape index (κ2) is 14.3. The van der Waals surface area contributed by atoms with Gasteiger partial charge in [0, 0.05) is 18.8 Å². The standard InChI is InChI=1S/C29H50N2/c1-3-5-6-7-8-9-10-11-26-22-30-29(31-23-26)21-16-25-14-19-28(20-15-25)27-17-12-24(4-2)13-18-27/h22-25,27-28H,3-21H2,1-2H3/t24-,25-,27-,28-. The third-order valence-electron chi connectivity index (χ3n) is 8.63. The van der Waals surface area contributed by atoms with Crippen LogP contribution in [0.2, 0.25) is 0 Å². The Bertz CT molecular complexity index is 565. The van der Waals surface area contributed by atoms with Crippen LogP contribution in [0.4, 0.5) is 0 Å². The van der Waals surface area contributed by atoms with E-state index in [1.54, 1.807) is 0 Å². The lowest BCUT2D eigenvalue weighted by Gasteiger charge is -2.37. The smallest absolute Gasteiger partial charge is 0.128 e. The van der Waals surface area contributed by atoms with Gasteiger partial charge in [0.15, 0.2) is 0 Å². The van der Waals surface area contributed by atoms with Crippen molar-refractivity contribution in [2.45, 2.75) is 136 Å². The van der Waals surface area contributed by atoms with Crippen molar-refractivity contribution < 1.29 is 0 Å². The Kier molecular flexibility index (Phi) is 11.4. The molecule has 2 fully saturated rings. The number of aromatic nitrogens is 2. The maximum absolute atomic E-state index is 4.69. The molecule has 2 heteroatoms. The number of hydrogen-bond donors (Lipinski definition) is 0. The van der Waals surface area contributed by atoms with Crippen molar-refractivity contribution >= 4 is 0 Å². The summed E-state index contributed by atoms with van der Waals surface area (Å²) in [5, 5.41) is 0. The van der Waals surface area contributed by atoms with Gasteiger partial charge in [-0.1, -0.05) is 84.5 Å². The molecule has 0 bridgehead atoms. The summed E-state index contributed by atoms with van der Waals surface area (Å²) >= 11 is 0. The van der Waals surface area contributed by atoms with Crippen LogP contribution in [0.15, 0.2) is 12.4 Å². The summed E-state index contributed by atoms with van der Waals surface area (Å²) in [5.74, 6) is 5.12. The lowest BCUT2D eigenvalue weighted by molar-refractivity contribution is 0.142. The molecule has 176 valence electrons. The van der Waals surface area contributed by atoms with E-state index in [0.29, 0.717) is 0 Å². The Balaban J connectivity index is 1.26. The van der Waals surface area contributed by atoms with Crippen LogP contribution in [0.25, 0.3) is 0 Å². The molecule has 2 aliphatic rings. The fraction of sp³-hybridized carbons (Fsp3) is 0.862. The van der Waals surface area contributed by atoms with Crippen molar-refractivity contribution in [1.82, 2.24) is 9.97 Å². The molecule has 1 aromatic heterocycles. The topological polar surface area (TPSA) is 25.8 Å². The first-order valence-electron chi connectivity index (χ1n) is 14.1. The molecule has 0 aliphatic heterocycles. The van der Waals surface area contributed by atoms with Crippen molar-refractivity contribution in [3.05, 3.63) is 23.8 Å². The van der Waals surface area contributed by atoms with E-state index in [2.05, 4.69) is 26.2 Å². The van der Waals surface area contributed by atoms with Gasteiger partial charge in [-0.05, 0) is 74.2 Å². The predicted molar refractivity (Wildman–Crippen MR) is 133 cm³/mol. The summed E-state index contributed by atoms with van der Waals surface area (Å²) in [4.78, 5) is 9.39. The number of nitrogens with zero attached hydrogens (tertiary/aromatic N) is 2. The van der Waals surface area contributed by atoms with Crippen LogP contribution < -0.4 is 0 Å². The van der Waals surface area contributed by atoms with Gasteiger partial charge in [-0.25, -0.2) is 9.97 Å². The van der Waals surface area contributed by atoms with Crippen molar-refractivity contribution in [2.75, 3.05) is 0 Å². The van der Waals surface area contributed by atoms with E-state index >= 15 is 0 Å². The fourth-order valence-corrected chi connectivity index (χ4v) is 6.28. The molecule has 0 spiro atoms. The molecule has 0 aromatic carbocycles. The van der Waals surface area contributed by atoms with Gasteiger partial charge in [-0.3, -0.25) is 0 Å². The van der Waals surface area contributed by atoms with Crippen molar-refractivity contribution in [3.63, 3.8) is 0 Å². The molecule has 31 heavy (non-hydrogen) atoms. The van der Waals surface area contributed by atoms with Crippen LogP contribution in [-0.2, 0) is 12.8 Å². The van der Waals surface area contributed by atoms with Crippen molar-refractivity contribution in [2.24, 2.45) is 23.7 Å². The highest BCUT2D eigenvalue weighted by Crippen LogP contribution is 2.42. The van der Waals surface area contributed by atoms with Gasteiger partial charge in [-0.15, -0.1) is 0 Å². The van der Waals surface area contributed by atoms with E-state index in [4.69, 9.17) is 9.97 Å². The molecule has 2 nitrogen and oxygen atoms in total. The van der Waals surface area contributed by atoms with Crippen LogP contribution in [0.1, 0.15) is 134 Å². The Labute approximate surface area is 193 Å². The van der Waals surface area contributed by atoms with E-state index in [0.717, 1.165) is 42.3 Å². The Morgan fingerprint density at radius 3 is 1.77 bits per heavy atom. The van der Waals surface area contributed by atoms with Gasteiger partial charge < -0.3 is 0 Å². The molecule has 2 aliphatic carbocycles. The molecular weight excluding hydrogens is 376 g/mol. The van der Waals surface area contributed by atoms with Crippen LogP contribution in [0, 0.1) is 23.7 Å². The molecule has 0 N–H and O–H groups in total. The zero-order valence-electron chi connectivity index (χ0n) is 20.8. The van der Waals surface area contributed by atoms with Gasteiger partial charge in [-0.2, -0.15) is 0 Å². The number of unbranched alkanes of at least 4 members (excludes halogenated alkanes) is 6. The van der Waals surface area contributed by atoms with E-state index < -0.39 is 0 Å². The first kappa shape index (κ1) is 24.7. The first-order valence-corrected chi connectivity index (χ1v) is 14.1. The van der Waals surface area contributed by atoms with Crippen molar-refractivity contribution in [1.29, 1.82) is 0 Å². The van der Waals surface area contributed by atoms with Crippen LogP contribution in [0.3, 0.4) is 0 Å². The molecular formula is C29H50N2. The van der Waals surface area contributed by atoms with E-state index in [9.17, 15) is 0 Å². The monoisotopic (exact) mass is 426 g/mol. The number of hydrogen-bond acceptors (Lipinski definition) is 2. The Morgan fingerprint density at radius 2 is 1.19 bits per heavy atom. The quantitative estimate of drug-likeness (QED) is 0.295. The maximum Gasteiger partial charge on any atom is 0.128 e. The molecule has 2 saturated carbocycles. The molecule has 1 heterocycles. The third-order valence-corrected chi connectivity index (χ3v) is 8.63. The van der Waals surface area contributed by atoms with Crippen LogP contribution >= 0.6 is 0 Å². The molecule has 3 rings (SSSR count). The van der Waals surface area contributed by atoms with E-state index in [1.807, 2.05) is 0 Å². The van der Waals surface area contributed by atoms with Gasteiger partial charge in [0.05, 0.1) is 0 Å². The summed E-state index contributed by atoms with van der Waals surface area (Å²) < 4.78 is 0. The zero-order chi connectivity index (χ0) is 21.7. The molecule has 0 unspecified atom stereocenters. The Morgan fingerprint density at radius 1 is 0.645 bits per heavy atom. The van der Waals surface area contributed by atoms with Gasteiger partial charge in [0.1, 0.15) is 5.82 Å². The van der Waals surface area contributed by atoms with Gasteiger partial charge >= 0.3 is 0 Å². The van der Waals surface area contributed by atoms with Gasteiger partial charge in [0.25, 0.3) is 0 Å². The highest BCUT2D eigenvalue weighted by Gasteiger charge is 2.30. The summed E-state index contributed by atoms with van der Waals surface area (Å²) in [7, 11) is 0. The highest BCUT2D eigenvalue weighted by atomic mass is 14.9. The summed E-state index contributed by atoms with van der Waals surface area (Å²) in [6.07, 6.45) is 30.7. The third kappa shape index (κ3) is 8.85. The van der Waals surface area contributed by atoms with Gasteiger partial charge in [0.2, 0.25) is 0 Å². The predicted octanol–water partition coefficient (Wildman–Crippen LogP) is 8.73. The average molecular weight is 427 g/mol. The highest BCUT2D eigenvalue weighted by molar-refractivity contribution is 5.05. The zero-order valence-corrected chi connectivity index (χ0v) is 20.8. The lowest BCUT2D eigenvalue weighted by atomic mass is 9.68.